The average molecular weight is 281 g/mol. The van der Waals surface area contributed by atoms with Crippen molar-refractivity contribution in [3.63, 3.8) is 0 Å². The number of hydrogen-bond donors (Lipinski definition) is 2. The van der Waals surface area contributed by atoms with E-state index < -0.39 is 41.6 Å². The van der Waals surface area contributed by atoms with Crippen LogP contribution in [0.25, 0.3) is 0 Å². The van der Waals surface area contributed by atoms with Crippen LogP contribution in [0.3, 0.4) is 0 Å². The van der Waals surface area contributed by atoms with Crippen molar-refractivity contribution >= 4 is 11.9 Å². The summed E-state index contributed by atoms with van der Waals surface area (Å²) in [7, 11) is 0. The van der Waals surface area contributed by atoms with Gasteiger partial charge >= 0.3 is 12.1 Å². The summed E-state index contributed by atoms with van der Waals surface area (Å²) in [5.74, 6) is -3.92. The molecule has 0 saturated heterocycles. The number of aliphatic carboxylic acids is 1. The van der Waals surface area contributed by atoms with Gasteiger partial charge in [0.25, 0.3) is 5.91 Å². The normalized spacial score (nSPS) is 11.2. The van der Waals surface area contributed by atoms with E-state index in [1.807, 2.05) is 0 Å². The summed E-state index contributed by atoms with van der Waals surface area (Å²) < 4.78 is 50.3. The van der Waals surface area contributed by atoms with Crippen LogP contribution in [-0.4, -0.2) is 23.6 Å². The highest BCUT2D eigenvalue weighted by atomic mass is 19.4. The van der Waals surface area contributed by atoms with Crippen LogP contribution in [-0.2, 0) is 15.8 Å². The minimum atomic E-state index is -4.73. The zero-order valence-corrected chi connectivity index (χ0v) is 9.12. The van der Waals surface area contributed by atoms with Crippen molar-refractivity contribution in [2.24, 2.45) is 0 Å². The van der Waals surface area contributed by atoms with Crippen molar-refractivity contribution in [3.8, 4) is 0 Å². The number of rotatable bonds is 4. The molecule has 1 aromatic carbocycles. The van der Waals surface area contributed by atoms with Crippen LogP contribution in [0, 0.1) is 5.82 Å². The van der Waals surface area contributed by atoms with Crippen molar-refractivity contribution in [2.45, 2.75) is 6.18 Å². The molecule has 0 fully saturated rings. The molecular formula is C10H7F4NO4. The van der Waals surface area contributed by atoms with Gasteiger partial charge in [0, 0.05) is 0 Å². The van der Waals surface area contributed by atoms with E-state index in [4.69, 9.17) is 5.11 Å². The molecule has 0 aliphatic heterocycles. The predicted molar refractivity (Wildman–Crippen MR) is 52.5 cm³/mol. The molecule has 2 N–H and O–H groups in total. The SMILES string of the molecule is O=C(O)CONC(=O)c1cc(C(F)(F)F)ccc1F. The Hall–Kier alpha value is -2.16. The summed E-state index contributed by atoms with van der Waals surface area (Å²) in [5.41, 5.74) is -0.591. The van der Waals surface area contributed by atoms with Crippen LogP contribution in [0.2, 0.25) is 0 Å². The molecule has 1 aromatic rings. The maximum atomic E-state index is 13.2. The molecule has 5 nitrogen and oxygen atoms in total. The number of alkyl halides is 3. The number of carbonyl (C=O) groups excluding carboxylic acids is 1. The molecule has 0 bridgehead atoms. The van der Waals surface area contributed by atoms with E-state index >= 15 is 0 Å². The third kappa shape index (κ3) is 4.21. The number of carboxylic acids is 1. The Kier molecular flexibility index (Phi) is 4.43. The van der Waals surface area contributed by atoms with Gasteiger partial charge in [0.2, 0.25) is 0 Å². The Morgan fingerprint density at radius 3 is 2.47 bits per heavy atom. The number of nitrogens with one attached hydrogen (secondary N) is 1. The Morgan fingerprint density at radius 1 is 1.32 bits per heavy atom. The molecule has 1 rings (SSSR count). The van der Waals surface area contributed by atoms with E-state index in [2.05, 4.69) is 4.84 Å². The lowest BCUT2D eigenvalue weighted by Gasteiger charge is -2.09. The first-order valence-corrected chi connectivity index (χ1v) is 4.72. The van der Waals surface area contributed by atoms with Gasteiger partial charge in [-0.25, -0.2) is 14.7 Å². The van der Waals surface area contributed by atoms with Crippen LogP contribution >= 0.6 is 0 Å². The molecule has 0 aliphatic rings. The zero-order chi connectivity index (χ0) is 14.6. The fourth-order valence-electron chi connectivity index (χ4n) is 1.09. The Balaban J connectivity index is 2.87. The van der Waals surface area contributed by atoms with Crippen LogP contribution < -0.4 is 5.48 Å². The van der Waals surface area contributed by atoms with Crippen LogP contribution in [0.15, 0.2) is 18.2 Å². The van der Waals surface area contributed by atoms with E-state index in [9.17, 15) is 27.2 Å². The fourth-order valence-corrected chi connectivity index (χ4v) is 1.09. The van der Waals surface area contributed by atoms with Gasteiger partial charge in [0.1, 0.15) is 5.82 Å². The lowest BCUT2D eigenvalue weighted by molar-refractivity contribution is -0.144. The first kappa shape index (κ1) is 14.9. The molecule has 9 heteroatoms. The lowest BCUT2D eigenvalue weighted by atomic mass is 10.1. The molecule has 0 spiro atoms. The second-order valence-corrected chi connectivity index (χ2v) is 3.31. The minimum absolute atomic E-state index is 0.300. The second-order valence-electron chi connectivity index (χ2n) is 3.31. The number of carboxylic acid groups (broad SMARTS) is 1. The van der Waals surface area contributed by atoms with Crippen LogP contribution in [0.1, 0.15) is 15.9 Å². The molecule has 0 aliphatic carbocycles. The molecule has 0 unspecified atom stereocenters. The van der Waals surface area contributed by atoms with Gasteiger partial charge in [0.05, 0.1) is 11.1 Å². The predicted octanol–water partition coefficient (Wildman–Crippen LogP) is 1.59. The topological polar surface area (TPSA) is 75.6 Å². The van der Waals surface area contributed by atoms with Crippen LogP contribution in [0.4, 0.5) is 17.6 Å². The minimum Gasteiger partial charge on any atom is -0.479 e. The molecule has 0 aromatic heterocycles. The Morgan fingerprint density at radius 2 is 1.95 bits per heavy atom. The number of benzene rings is 1. The molecule has 19 heavy (non-hydrogen) atoms. The number of amides is 1. The lowest BCUT2D eigenvalue weighted by Crippen LogP contribution is -2.27. The molecule has 0 saturated carbocycles. The molecule has 104 valence electrons. The number of carbonyl (C=O) groups is 2. The summed E-state index contributed by atoms with van der Waals surface area (Å²) in [4.78, 5) is 25.5. The van der Waals surface area contributed by atoms with Crippen molar-refractivity contribution < 1.29 is 37.1 Å². The first-order valence-electron chi connectivity index (χ1n) is 4.72. The van der Waals surface area contributed by atoms with Gasteiger partial charge in [-0.3, -0.25) is 9.63 Å². The van der Waals surface area contributed by atoms with Gasteiger partial charge in [-0.05, 0) is 18.2 Å². The fraction of sp³-hybridized carbons (Fsp3) is 0.200. The van der Waals surface area contributed by atoms with Crippen molar-refractivity contribution in [3.05, 3.63) is 35.1 Å². The third-order valence-electron chi connectivity index (χ3n) is 1.90. The first-order chi connectivity index (χ1) is 8.71. The molecule has 0 radical (unpaired) electrons. The standard InChI is InChI=1S/C10H7F4NO4/c11-7-2-1-5(10(12,13)14)3-6(7)9(18)15-19-4-8(16)17/h1-3H,4H2,(H,15,18)(H,16,17). The third-order valence-corrected chi connectivity index (χ3v) is 1.90. The van der Waals surface area contributed by atoms with Crippen molar-refractivity contribution in [1.82, 2.24) is 5.48 Å². The smallest absolute Gasteiger partial charge is 0.416 e. The van der Waals surface area contributed by atoms with Crippen LogP contribution in [0.5, 0.6) is 0 Å². The molecule has 1 amide bonds. The van der Waals surface area contributed by atoms with E-state index in [1.54, 1.807) is 0 Å². The maximum Gasteiger partial charge on any atom is 0.416 e. The summed E-state index contributed by atoms with van der Waals surface area (Å²) >= 11 is 0. The highest BCUT2D eigenvalue weighted by Gasteiger charge is 2.31. The number of halogens is 4. The second kappa shape index (κ2) is 5.65. The van der Waals surface area contributed by atoms with Crippen molar-refractivity contribution in [1.29, 1.82) is 0 Å². The highest BCUT2D eigenvalue weighted by Crippen LogP contribution is 2.30. The van der Waals surface area contributed by atoms with Gasteiger partial charge in [0.15, 0.2) is 6.61 Å². The zero-order valence-electron chi connectivity index (χ0n) is 9.12. The van der Waals surface area contributed by atoms with E-state index in [0.717, 1.165) is 0 Å². The van der Waals surface area contributed by atoms with E-state index in [0.29, 0.717) is 18.2 Å². The molecule has 0 atom stereocenters. The van der Waals surface area contributed by atoms with Crippen molar-refractivity contribution in [2.75, 3.05) is 6.61 Å². The summed E-state index contributed by atoms with van der Waals surface area (Å²) in [5, 5.41) is 8.20. The number of hydroxylamine groups is 1. The Labute approximate surface area is 103 Å². The molecule has 0 heterocycles. The summed E-state index contributed by atoms with van der Waals surface area (Å²) in [6.45, 7) is -0.910. The summed E-state index contributed by atoms with van der Waals surface area (Å²) in [6.07, 6.45) is -4.73. The Bertz CT molecular complexity index is 501. The number of hydrogen-bond acceptors (Lipinski definition) is 3. The van der Waals surface area contributed by atoms with E-state index in [1.165, 1.54) is 5.48 Å². The maximum absolute atomic E-state index is 13.2. The summed E-state index contributed by atoms with van der Waals surface area (Å²) in [6, 6.07) is 1.26. The monoisotopic (exact) mass is 281 g/mol. The highest BCUT2D eigenvalue weighted by molar-refractivity contribution is 5.94. The molecular weight excluding hydrogens is 274 g/mol. The van der Waals surface area contributed by atoms with Gasteiger partial charge < -0.3 is 5.11 Å². The van der Waals surface area contributed by atoms with Gasteiger partial charge in [-0.15, -0.1) is 0 Å². The van der Waals surface area contributed by atoms with Gasteiger partial charge in [-0.1, -0.05) is 0 Å². The van der Waals surface area contributed by atoms with Gasteiger partial charge in [-0.2, -0.15) is 13.2 Å². The quantitative estimate of drug-likeness (QED) is 0.649. The average Bonchev–Trinajstić information content (AvgIpc) is 2.27. The van der Waals surface area contributed by atoms with E-state index in [-0.39, 0.29) is 0 Å². The largest absolute Gasteiger partial charge is 0.479 e.